The Morgan fingerprint density at radius 1 is 1.18 bits per heavy atom. The quantitative estimate of drug-likeness (QED) is 0.790. The van der Waals surface area contributed by atoms with E-state index in [1.807, 2.05) is 6.07 Å². The van der Waals surface area contributed by atoms with Gasteiger partial charge in [-0.25, -0.2) is 0 Å². The fourth-order valence-electron chi connectivity index (χ4n) is 5.71. The molecule has 1 aromatic carbocycles. The second-order valence-electron chi connectivity index (χ2n) is 7.84. The molecule has 0 unspecified atom stereocenters. The van der Waals surface area contributed by atoms with E-state index in [0.717, 1.165) is 23.8 Å². The number of benzene rings is 1. The first-order valence-corrected chi connectivity index (χ1v) is 9.93. The summed E-state index contributed by atoms with van der Waals surface area (Å²) < 4.78 is 31.9. The summed E-state index contributed by atoms with van der Waals surface area (Å²) in [5.41, 5.74) is 3.03. The highest BCUT2D eigenvalue weighted by Gasteiger charge is 2.50. The van der Waals surface area contributed by atoms with Gasteiger partial charge in [0, 0.05) is 0 Å². The minimum Gasteiger partial charge on any atom is -0.282 e. The smallest absolute Gasteiger partial charge is 0.282 e. The molecule has 0 spiro atoms. The SMILES string of the molecule is C[C@@]12CCC[C@H]1[C@@H]1CCc3cc(S(=O)(=O)O)ccc3[C@H]1CC2. The average Bonchev–Trinajstić information content (AvgIpc) is 2.87. The summed E-state index contributed by atoms with van der Waals surface area (Å²) in [7, 11) is -4.09. The highest BCUT2D eigenvalue weighted by atomic mass is 32.2. The molecule has 3 nitrogen and oxygen atoms in total. The van der Waals surface area contributed by atoms with Gasteiger partial charge in [0.25, 0.3) is 10.1 Å². The molecule has 1 aromatic rings. The molecule has 0 radical (unpaired) electrons. The molecule has 0 saturated heterocycles. The van der Waals surface area contributed by atoms with Crippen LogP contribution in [0.3, 0.4) is 0 Å². The van der Waals surface area contributed by atoms with Crippen LogP contribution in [0.1, 0.15) is 62.5 Å². The van der Waals surface area contributed by atoms with Crippen LogP contribution < -0.4 is 0 Å². The third-order valence-electron chi connectivity index (χ3n) is 6.78. The lowest BCUT2D eigenvalue weighted by molar-refractivity contribution is 0.0598. The van der Waals surface area contributed by atoms with Crippen LogP contribution in [0.5, 0.6) is 0 Å². The van der Waals surface area contributed by atoms with Gasteiger partial charge in [-0.15, -0.1) is 0 Å². The van der Waals surface area contributed by atoms with E-state index in [-0.39, 0.29) is 4.90 Å². The van der Waals surface area contributed by atoms with Gasteiger partial charge in [0.15, 0.2) is 0 Å². The Labute approximate surface area is 132 Å². The van der Waals surface area contributed by atoms with Crippen molar-refractivity contribution >= 4 is 10.1 Å². The van der Waals surface area contributed by atoms with Gasteiger partial charge in [-0.2, -0.15) is 8.42 Å². The molecule has 3 aliphatic carbocycles. The van der Waals surface area contributed by atoms with Gasteiger partial charge in [0.2, 0.25) is 0 Å². The zero-order chi connectivity index (χ0) is 15.5. The van der Waals surface area contributed by atoms with Crippen LogP contribution in [0, 0.1) is 17.3 Å². The Hall–Kier alpha value is -0.870. The van der Waals surface area contributed by atoms with E-state index in [9.17, 15) is 13.0 Å². The maximum absolute atomic E-state index is 11.3. The standard InChI is InChI=1S/C18H24O3S/c1-18-9-2-3-17(18)16-6-4-12-11-13(22(19,20)21)5-7-14(12)15(16)8-10-18/h5,7,11,15-17H,2-4,6,8-10H2,1H3,(H,19,20,21)/t15-,16-,17+,18+/m1/s1. The van der Waals surface area contributed by atoms with Crippen molar-refractivity contribution in [3.8, 4) is 0 Å². The third kappa shape index (κ3) is 2.15. The Morgan fingerprint density at radius 3 is 2.77 bits per heavy atom. The number of hydrogen-bond donors (Lipinski definition) is 1. The summed E-state index contributed by atoms with van der Waals surface area (Å²) >= 11 is 0. The molecule has 22 heavy (non-hydrogen) atoms. The first kappa shape index (κ1) is 14.7. The Balaban J connectivity index is 1.71. The third-order valence-corrected chi connectivity index (χ3v) is 7.63. The van der Waals surface area contributed by atoms with Gasteiger partial charge in [-0.3, -0.25) is 4.55 Å². The predicted octanol–water partition coefficient (Wildman–Crippen LogP) is 4.18. The predicted molar refractivity (Wildman–Crippen MR) is 85.5 cm³/mol. The van der Waals surface area contributed by atoms with Crippen LogP contribution in [0.4, 0.5) is 0 Å². The van der Waals surface area contributed by atoms with E-state index in [1.165, 1.54) is 44.1 Å². The van der Waals surface area contributed by atoms with Crippen molar-refractivity contribution in [3.05, 3.63) is 29.3 Å². The maximum atomic E-state index is 11.3. The van der Waals surface area contributed by atoms with Crippen molar-refractivity contribution in [2.45, 2.75) is 62.7 Å². The normalized spacial score (nSPS) is 37.3. The van der Waals surface area contributed by atoms with Crippen LogP contribution in [0.25, 0.3) is 0 Å². The van der Waals surface area contributed by atoms with Crippen molar-refractivity contribution < 1.29 is 13.0 Å². The fraction of sp³-hybridized carbons (Fsp3) is 0.667. The minimum absolute atomic E-state index is 0.0474. The summed E-state index contributed by atoms with van der Waals surface area (Å²) in [5.74, 6) is 2.21. The van der Waals surface area contributed by atoms with E-state index in [1.54, 1.807) is 12.1 Å². The van der Waals surface area contributed by atoms with Crippen molar-refractivity contribution in [2.75, 3.05) is 0 Å². The lowest BCUT2D eigenvalue weighted by atomic mass is 9.56. The molecule has 4 atom stereocenters. The van der Waals surface area contributed by atoms with Crippen molar-refractivity contribution in [2.24, 2.45) is 17.3 Å². The van der Waals surface area contributed by atoms with Crippen LogP contribution in [0.15, 0.2) is 23.1 Å². The van der Waals surface area contributed by atoms with Crippen LogP contribution >= 0.6 is 0 Å². The van der Waals surface area contributed by atoms with Crippen LogP contribution in [-0.4, -0.2) is 13.0 Å². The summed E-state index contributed by atoms with van der Waals surface area (Å²) in [5, 5.41) is 0. The lowest BCUT2D eigenvalue weighted by Gasteiger charge is -2.49. The number of rotatable bonds is 1. The number of aryl methyl sites for hydroxylation is 1. The fourth-order valence-corrected chi connectivity index (χ4v) is 6.24. The van der Waals surface area contributed by atoms with E-state index in [4.69, 9.17) is 0 Å². The lowest BCUT2D eigenvalue weighted by Crippen LogP contribution is -2.39. The second-order valence-corrected chi connectivity index (χ2v) is 9.26. The monoisotopic (exact) mass is 320 g/mol. The average molecular weight is 320 g/mol. The first-order valence-electron chi connectivity index (χ1n) is 8.49. The molecule has 0 bridgehead atoms. The van der Waals surface area contributed by atoms with Crippen molar-refractivity contribution in [3.63, 3.8) is 0 Å². The number of hydrogen-bond acceptors (Lipinski definition) is 2. The van der Waals surface area contributed by atoms with Gasteiger partial charge in [-0.05, 0) is 85.0 Å². The van der Waals surface area contributed by atoms with Crippen LogP contribution in [-0.2, 0) is 16.5 Å². The van der Waals surface area contributed by atoms with Gasteiger partial charge < -0.3 is 0 Å². The first-order chi connectivity index (χ1) is 10.4. The Morgan fingerprint density at radius 2 is 2.00 bits per heavy atom. The summed E-state index contributed by atoms with van der Waals surface area (Å²) in [4.78, 5) is 0.0474. The van der Waals surface area contributed by atoms with E-state index >= 15 is 0 Å². The van der Waals surface area contributed by atoms with Crippen LogP contribution in [0.2, 0.25) is 0 Å². The van der Waals surface area contributed by atoms with Gasteiger partial charge in [-0.1, -0.05) is 19.4 Å². The molecular formula is C18H24O3S. The molecule has 0 aliphatic heterocycles. The molecule has 0 heterocycles. The molecule has 2 fully saturated rings. The molecule has 0 aromatic heterocycles. The zero-order valence-electron chi connectivity index (χ0n) is 13.1. The molecule has 3 aliphatic rings. The Kier molecular flexibility index (Phi) is 3.22. The zero-order valence-corrected chi connectivity index (χ0v) is 13.9. The van der Waals surface area contributed by atoms with Crippen molar-refractivity contribution in [1.29, 1.82) is 0 Å². The summed E-state index contributed by atoms with van der Waals surface area (Å²) in [6.07, 6.45) is 8.79. The van der Waals surface area contributed by atoms with Crippen molar-refractivity contribution in [1.82, 2.24) is 0 Å². The topological polar surface area (TPSA) is 54.4 Å². The van der Waals surface area contributed by atoms with E-state index in [0.29, 0.717) is 11.3 Å². The van der Waals surface area contributed by atoms with Gasteiger partial charge >= 0.3 is 0 Å². The molecule has 4 rings (SSSR count). The maximum Gasteiger partial charge on any atom is 0.294 e. The molecule has 4 heteroatoms. The largest absolute Gasteiger partial charge is 0.294 e. The van der Waals surface area contributed by atoms with E-state index < -0.39 is 10.1 Å². The summed E-state index contributed by atoms with van der Waals surface area (Å²) in [6, 6.07) is 5.25. The van der Waals surface area contributed by atoms with Gasteiger partial charge in [0.1, 0.15) is 0 Å². The molecule has 1 N–H and O–H groups in total. The molecule has 0 amide bonds. The highest BCUT2D eigenvalue weighted by molar-refractivity contribution is 7.85. The number of fused-ring (bicyclic) bond motifs is 5. The highest BCUT2D eigenvalue weighted by Crippen LogP contribution is 2.60. The van der Waals surface area contributed by atoms with E-state index in [2.05, 4.69) is 6.92 Å². The molecule has 120 valence electrons. The minimum atomic E-state index is -4.09. The molecule has 2 saturated carbocycles. The van der Waals surface area contributed by atoms with Gasteiger partial charge in [0.05, 0.1) is 4.90 Å². The second kappa shape index (κ2) is 4.81. The Bertz CT molecular complexity index is 709. The summed E-state index contributed by atoms with van der Waals surface area (Å²) in [6.45, 7) is 2.48. The molecular weight excluding hydrogens is 296 g/mol.